The fraction of sp³-hybridized carbons (Fsp3) is 0.444. The number of methoxy groups -OCH3 is 1. The third-order valence-corrected chi connectivity index (χ3v) is 4.61. The van der Waals surface area contributed by atoms with Gasteiger partial charge in [0.15, 0.2) is 0 Å². The highest BCUT2D eigenvalue weighted by Crippen LogP contribution is 2.40. The Morgan fingerprint density at radius 2 is 2.08 bits per heavy atom. The second kappa shape index (κ2) is 7.35. The number of nitrogens with zero attached hydrogens (tertiary/aromatic N) is 3. The van der Waals surface area contributed by atoms with E-state index in [9.17, 15) is 4.79 Å². The molecule has 0 atom stereocenters. The number of aryl methyl sites for hydroxylation is 1. The van der Waals surface area contributed by atoms with Gasteiger partial charge in [-0.15, -0.1) is 0 Å². The first-order valence-electron chi connectivity index (χ1n) is 8.38. The van der Waals surface area contributed by atoms with Crippen LogP contribution in [-0.2, 0) is 17.7 Å². The molecule has 1 aliphatic carbocycles. The van der Waals surface area contributed by atoms with Gasteiger partial charge in [0, 0.05) is 17.9 Å². The van der Waals surface area contributed by atoms with E-state index in [1.54, 1.807) is 6.07 Å². The smallest absolute Gasteiger partial charge is 0.339 e. The number of carbonyl (C=O) groups is 1. The van der Waals surface area contributed by atoms with Gasteiger partial charge in [-0.2, -0.15) is 0 Å². The van der Waals surface area contributed by atoms with E-state index in [0.29, 0.717) is 41.2 Å². The second-order valence-electron chi connectivity index (χ2n) is 6.11. The predicted octanol–water partition coefficient (Wildman–Crippen LogP) is 3.67. The zero-order valence-corrected chi connectivity index (χ0v) is 15.4. The molecule has 1 aliphatic rings. The molecule has 0 aromatic carbocycles. The summed E-state index contributed by atoms with van der Waals surface area (Å²) in [6, 6.07) is 3.63. The van der Waals surface area contributed by atoms with Crippen LogP contribution in [0.2, 0.25) is 5.15 Å². The Balaban J connectivity index is 1.81. The quantitative estimate of drug-likeness (QED) is 0.625. The molecule has 2 aromatic rings. The summed E-state index contributed by atoms with van der Waals surface area (Å²) in [5.41, 5.74) is 3.05. The van der Waals surface area contributed by atoms with Crippen LogP contribution in [-0.4, -0.2) is 28.0 Å². The standard InChI is InChI=1S/C18H21ClN4O2/c1-4-14-22-16(19)10(2)17(23-14)20-9-12-7-8-13(18(24)25-3)15(21-12)11-5-6-11/h7-8,11H,4-6,9H2,1-3H3,(H,20,22,23). The third-order valence-electron chi connectivity index (χ3n) is 4.24. The summed E-state index contributed by atoms with van der Waals surface area (Å²) < 4.78 is 4.85. The van der Waals surface area contributed by atoms with Crippen LogP contribution in [0.3, 0.4) is 0 Å². The Morgan fingerprint density at radius 3 is 2.72 bits per heavy atom. The number of nitrogens with one attached hydrogen (secondary N) is 1. The van der Waals surface area contributed by atoms with E-state index in [-0.39, 0.29) is 5.97 Å². The zero-order chi connectivity index (χ0) is 18.0. The molecule has 0 saturated heterocycles. The van der Waals surface area contributed by atoms with E-state index in [2.05, 4.69) is 20.3 Å². The highest BCUT2D eigenvalue weighted by atomic mass is 35.5. The summed E-state index contributed by atoms with van der Waals surface area (Å²) in [6.07, 6.45) is 2.84. The van der Waals surface area contributed by atoms with Gasteiger partial charge in [0.05, 0.1) is 30.6 Å². The molecular formula is C18H21ClN4O2. The maximum absolute atomic E-state index is 11.9. The first-order chi connectivity index (χ1) is 12.0. The minimum Gasteiger partial charge on any atom is -0.465 e. The number of anilines is 1. The molecule has 1 fully saturated rings. The van der Waals surface area contributed by atoms with Crippen molar-refractivity contribution in [2.45, 2.75) is 45.6 Å². The molecule has 0 unspecified atom stereocenters. The molecule has 25 heavy (non-hydrogen) atoms. The van der Waals surface area contributed by atoms with Gasteiger partial charge in [-0.1, -0.05) is 18.5 Å². The molecule has 2 heterocycles. The topological polar surface area (TPSA) is 77.0 Å². The summed E-state index contributed by atoms with van der Waals surface area (Å²) in [5.74, 6) is 1.44. The molecule has 1 N–H and O–H groups in total. The highest BCUT2D eigenvalue weighted by molar-refractivity contribution is 6.30. The number of hydrogen-bond acceptors (Lipinski definition) is 6. The predicted molar refractivity (Wildman–Crippen MR) is 96.0 cm³/mol. The lowest BCUT2D eigenvalue weighted by molar-refractivity contribution is 0.0598. The number of esters is 1. The Kier molecular flexibility index (Phi) is 5.18. The van der Waals surface area contributed by atoms with E-state index < -0.39 is 0 Å². The van der Waals surface area contributed by atoms with Gasteiger partial charge in [0.2, 0.25) is 0 Å². The Bertz CT molecular complexity index is 806. The van der Waals surface area contributed by atoms with Crippen molar-refractivity contribution in [3.63, 3.8) is 0 Å². The summed E-state index contributed by atoms with van der Waals surface area (Å²) in [6.45, 7) is 4.37. The SMILES string of the molecule is CCc1nc(Cl)c(C)c(NCc2ccc(C(=O)OC)c(C3CC3)n2)n1. The molecule has 132 valence electrons. The minimum atomic E-state index is -0.333. The molecule has 1 saturated carbocycles. The normalized spacial score (nSPS) is 13.6. The van der Waals surface area contributed by atoms with Gasteiger partial charge in [-0.25, -0.2) is 14.8 Å². The molecule has 0 aliphatic heterocycles. The van der Waals surface area contributed by atoms with Crippen LogP contribution in [0, 0.1) is 6.92 Å². The van der Waals surface area contributed by atoms with Crippen molar-refractivity contribution in [3.05, 3.63) is 45.6 Å². The lowest BCUT2D eigenvalue weighted by Gasteiger charge is -2.12. The minimum absolute atomic E-state index is 0.333. The molecule has 0 bridgehead atoms. The lowest BCUT2D eigenvalue weighted by atomic mass is 10.1. The number of carbonyl (C=O) groups excluding carboxylic acids is 1. The van der Waals surface area contributed by atoms with Gasteiger partial charge in [0.1, 0.15) is 16.8 Å². The fourth-order valence-electron chi connectivity index (χ4n) is 2.60. The average molecular weight is 361 g/mol. The number of halogens is 1. The molecule has 7 heteroatoms. The van der Waals surface area contributed by atoms with Gasteiger partial charge < -0.3 is 10.1 Å². The van der Waals surface area contributed by atoms with Crippen molar-refractivity contribution in [1.29, 1.82) is 0 Å². The molecule has 2 aromatic heterocycles. The average Bonchev–Trinajstić information content (AvgIpc) is 3.47. The van der Waals surface area contributed by atoms with Gasteiger partial charge >= 0.3 is 5.97 Å². The third kappa shape index (κ3) is 3.90. The van der Waals surface area contributed by atoms with Gasteiger partial charge in [-0.3, -0.25) is 4.98 Å². The highest BCUT2D eigenvalue weighted by Gasteiger charge is 2.30. The summed E-state index contributed by atoms with van der Waals surface area (Å²) >= 11 is 6.17. The van der Waals surface area contributed by atoms with Gasteiger partial charge in [0.25, 0.3) is 0 Å². The van der Waals surface area contributed by atoms with Crippen molar-refractivity contribution in [2.75, 3.05) is 12.4 Å². The van der Waals surface area contributed by atoms with Crippen LogP contribution in [0.1, 0.15) is 58.8 Å². The first kappa shape index (κ1) is 17.6. The maximum atomic E-state index is 11.9. The number of ether oxygens (including phenoxy) is 1. The molecule has 0 amide bonds. The molecule has 6 nitrogen and oxygen atoms in total. The molecule has 0 spiro atoms. The number of aromatic nitrogens is 3. The van der Waals surface area contributed by atoms with Crippen LogP contribution < -0.4 is 5.32 Å². The van der Waals surface area contributed by atoms with Crippen molar-refractivity contribution in [3.8, 4) is 0 Å². The van der Waals surface area contributed by atoms with Crippen molar-refractivity contribution >= 4 is 23.4 Å². The Morgan fingerprint density at radius 1 is 1.32 bits per heavy atom. The second-order valence-corrected chi connectivity index (χ2v) is 6.47. The number of rotatable bonds is 6. The largest absolute Gasteiger partial charge is 0.465 e. The first-order valence-corrected chi connectivity index (χ1v) is 8.76. The van der Waals surface area contributed by atoms with Crippen molar-refractivity contribution < 1.29 is 9.53 Å². The van der Waals surface area contributed by atoms with Crippen molar-refractivity contribution in [1.82, 2.24) is 15.0 Å². The maximum Gasteiger partial charge on any atom is 0.339 e. The summed E-state index contributed by atoms with van der Waals surface area (Å²) in [4.78, 5) is 25.3. The summed E-state index contributed by atoms with van der Waals surface area (Å²) in [5, 5.41) is 3.74. The number of pyridine rings is 1. The van der Waals surface area contributed by atoms with E-state index in [1.807, 2.05) is 19.9 Å². The zero-order valence-electron chi connectivity index (χ0n) is 14.6. The lowest BCUT2D eigenvalue weighted by Crippen LogP contribution is -2.11. The van der Waals surface area contributed by atoms with E-state index in [1.165, 1.54) is 7.11 Å². The van der Waals surface area contributed by atoms with Crippen LogP contribution in [0.4, 0.5) is 5.82 Å². The monoisotopic (exact) mass is 360 g/mol. The number of hydrogen-bond donors (Lipinski definition) is 1. The molecular weight excluding hydrogens is 340 g/mol. The van der Waals surface area contributed by atoms with Crippen LogP contribution in [0.25, 0.3) is 0 Å². The molecule has 0 radical (unpaired) electrons. The summed E-state index contributed by atoms with van der Waals surface area (Å²) in [7, 11) is 1.39. The molecule has 3 rings (SSSR count). The van der Waals surface area contributed by atoms with Crippen LogP contribution in [0.5, 0.6) is 0 Å². The van der Waals surface area contributed by atoms with E-state index in [0.717, 1.165) is 29.8 Å². The fourth-order valence-corrected chi connectivity index (χ4v) is 2.79. The van der Waals surface area contributed by atoms with Crippen LogP contribution in [0.15, 0.2) is 12.1 Å². The van der Waals surface area contributed by atoms with E-state index >= 15 is 0 Å². The van der Waals surface area contributed by atoms with Crippen LogP contribution >= 0.6 is 11.6 Å². The Hall–Kier alpha value is -2.21. The van der Waals surface area contributed by atoms with E-state index in [4.69, 9.17) is 16.3 Å². The Labute approximate surface area is 152 Å². The van der Waals surface area contributed by atoms with Gasteiger partial charge in [-0.05, 0) is 31.9 Å². The van der Waals surface area contributed by atoms with Crippen molar-refractivity contribution in [2.24, 2.45) is 0 Å².